The van der Waals surface area contributed by atoms with Crippen molar-refractivity contribution in [1.29, 1.82) is 0 Å². The van der Waals surface area contributed by atoms with Gasteiger partial charge >= 0.3 is 90.2 Å². The van der Waals surface area contributed by atoms with E-state index in [0.717, 1.165) is 11.5 Å². The van der Waals surface area contributed by atoms with Gasteiger partial charge in [0.1, 0.15) is 0 Å². The molecule has 1 aromatic rings. The molecular formula is C11H18O2Sn. The summed E-state index contributed by atoms with van der Waals surface area (Å²) >= 11 is -2.01. The summed E-state index contributed by atoms with van der Waals surface area (Å²) in [5.41, 5.74) is 0. The third-order valence-electron chi connectivity index (χ3n) is 2.22. The average Bonchev–Trinajstić information content (AvgIpc) is 2.15. The van der Waals surface area contributed by atoms with Crippen molar-refractivity contribution in [2.75, 3.05) is 14.2 Å². The van der Waals surface area contributed by atoms with Crippen LogP contribution in [0.5, 0.6) is 11.5 Å². The quantitative estimate of drug-likeness (QED) is 0.797. The van der Waals surface area contributed by atoms with Gasteiger partial charge in [0.15, 0.2) is 0 Å². The molecule has 0 bridgehead atoms. The third-order valence-corrected chi connectivity index (χ3v) is 7.98. The van der Waals surface area contributed by atoms with Crippen LogP contribution in [0.2, 0.25) is 14.8 Å². The molecule has 0 aliphatic carbocycles. The molecule has 1 aromatic carbocycles. The first-order valence-corrected chi connectivity index (χ1v) is 14.7. The van der Waals surface area contributed by atoms with Gasteiger partial charge in [0.25, 0.3) is 0 Å². The van der Waals surface area contributed by atoms with Crippen LogP contribution < -0.4 is 13.1 Å². The molecule has 0 aliphatic heterocycles. The second-order valence-corrected chi connectivity index (χ2v) is 18.8. The Balaban J connectivity index is 3.17. The van der Waals surface area contributed by atoms with E-state index in [1.54, 1.807) is 14.2 Å². The Kier molecular flexibility index (Phi) is 3.70. The average molecular weight is 301 g/mol. The van der Waals surface area contributed by atoms with Crippen LogP contribution in [0.1, 0.15) is 0 Å². The molecule has 14 heavy (non-hydrogen) atoms. The van der Waals surface area contributed by atoms with E-state index in [1.807, 2.05) is 6.07 Å². The van der Waals surface area contributed by atoms with Gasteiger partial charge in [-0.1, -0.05) is 0 Å². The van der Waals surface area contributed by atoms with Gasteiger partial charge < -0.3 is 0 Å². The summed E-state index contributed by atoms with van der Waals surface area (Å²) in [5.74, 6) is 1.79. The van der Waals surface area contributed by atoms with Gasteiger partial charge in [-0.15, -0.1) is 0 Å². The normalized spacial score (nSPS) is 11.2. The van der Waals surface area contributed by atoms with Crippen LogP contribution in [0.15, 0.2) is 18.2 Å². The van der Waals surface area contributed by atoms with E-state index in [-0.39, 0.29) is 0 Å². The Morgan fingerprint density at radius 1 is 0.857 bits per heavy atom. The summed E-state index contributed by atoms with van der Waals surface area (Å²) < 4.78 is 11.9. The van der Waals surface area contributed by atoms with Crippen LogP contribution in [-0.2, 0) is 0 Å². The summed E-state index contributed by atoms with van der Waals surface area (Å²) in [4.78, 5) is 7.13. The van der Waals surface area contributed by atoms with Gasteiger partial charge in [-0.05, 0) is 0 Å². The zero-order valence-corrected chi connectivity index (χ0v) is 12.4. The Morgan fingerprint density at radius 2 is 1.29 bits per heavy atom. The summed E-state index contributed by atoms with van der Waals surface area (Å²) in [6.45, 7) is 0. The van der Waals surface area contributed by atoms with Crippen LogP contribution >= 0.6 is 0 Å². The molecule has 0 saturated heterocycles. The molecule has 0 N–H and O–H groups in total. The third kappa shape index (κ3) is 2.80. The van der Waals surface area contributed by atoms with Crippen LogP contribution in [0.4, 0.5) is 0 Å². The van der Waals surface area contributed by atoms with Gasteiger partial charge in [-0.2, -0.15) is 0 Å². The molecule has 0 radical (unpaired) electrons. The number of hydrogen-bond donors (Lipinski definition) is 0. The predicted molar refractivity (Wildman–Crippen MR) is 62.5 cm³/mol. The predicted octanol–water partition coefficient (Wildman–Crippen LogP) is 2.25. The SMILES string of the molecule is COc1cc(OC)c[c]([Sn]([CH3])([CH3])[CH3])c1. The molecule has 0 spiro atoms. The molecule has 0 unspecified atom stereocenters. The second kappa shape index (κ2) is 4.43. The van der Waals surface area contributed by atoms with E-state index in [0.29, 0.717) is 0 Å². The Hall–Kier alpha value is -0.381. The molecule has 0 atom stereocenters. The number of rotatable bonds is 3. The summed E-state index contributed by atoms with van der Waals surface area (Å²) in [6.07, 6.45) is 0. The first-order chi connectivity index (χ1) is 6.47. The fourth-order valence-corrected chi connectivity index (χ4v) is 4.52. The minimum absolute atomic E-state index is 0.894. The second-order valence-electron chi connectivity index (χ2n) is 4.35. The number of ether oxygens (including phenoxy) is 2. The van der Waals surface area contributed by atoms with Gasteiger partial charge in [-0.3, -0.25) is 0 Å². The maximum absolute atomic E-state index is 5.25. The van der Waals surface area contributed by atoms with E-state index < -0.39 is 18.4 Å². The first kappa shape index (κ1) is 11.7. The standard InChI is InChI=1S/C8H9O2.3CH3.Sn/c1-9-7-4-3-5-8(6-7)10-2;;;;/h4-6H,1-2H3;3*1H3;. The molecule has 1 rings (SSSR count). The van der Waals surface area contributed by atoms with Gasteiger partial charge in [-0.25, -0.2) is 0 Å². The Morgan fingerprint density at radius 3 is 1.57 bits per heavy atom. The maximum atomic E-state index is 5.25. The fourth-order valence-electron chi connectivity index (χ4n) is 1.24. The van der Waals surface area contributed by atoms with E-state index in [1.165, 1.54) is 3.58 Å². The molecule has 78 valence electrons. The molecule has 0 aromatic heterocycles. The van der Waals surface area contributed by atoms with Crippen molar-refractivity contribution in [3.05, 3.63) is 18.2 Å². The Bertz CT molecular complexity index is 293. The van der Waals surface area contributed by atoms with Gasteiger partial charge in [0.2, 0.25) is 0 Å². The van der Waals surface area contributed by atoms with Crippen LogP contribution in [0.3, 0.4) is 0 Å². The van der Waals surface area contributed by atoms with E-state index >= 15 is 0 Å². The van der Waals surface area contributed by atoms with Crippen molar-refractivity contribution in [3.8, 4) is 11.5 Å². The minimum atomic E-state index is -2.01. The zero-order chi connectivity index (χ0) is 10.8. The van der Waals surface area contributed by atoms with E-state index in [4.69, 9.17) is 9.47 Å². The molecule has 0 saturated carbocycles. The molecule has 0 heterocycles. The number of hydrogen-bond acceptors (Lipinski definition) is 2. The first-order valence-electron chi connectivity index (χ1n) is 4.71. The van der Waals surface area contributed by atoms with Crippen molar-refractivity contribution in [2.45, 2.75) is 14.8 Å². The fraction of sp³-hybridized carbons (Fsp3) is 0.455. The summed E-state index contributed by atoms with van der Waals surface area (Å²) in [5, 5.41) is 0. The van der Waals surface area contributed by atoms with Gasteiger partial charge in [0, 0.05) is 0 Å². The zero-order valence-electron chi connectivity index (χ0n) is 9.55. The molecule has 0 fully saturated rings. The number of benzene rings is 1. The summed E-state index contributed by atoms with van der Waals surface area (Å²) in [7, 11) is 3.38. The Labute approximate surface area is 90.1 Å². The van der Waals surface area contributed by atoms with Crippen molar-refractivity contribution in [3.63, 3.8) is 0 Å². The molecule has 0 amide bonds. The van der Waals surface area contributed by atoms with Crippen molar-refractivity contribution >= 4 is 22.0 Å². The molecule has 0 aliphatic rings. The number of methoxy groups -OCH3 is 2. The van der Waals surface area contributed by atoms with Crippen molar-refractivity contribution in [2.24, 2.45) is 0 Å². The monoisotopic (exact) mass is 302 g/mol. The van der Waals surface area contributed by atoms with Crippen molar-refractivity contribution in [1.82, 2.24) is 0 Å². The molecular weight excluding hydrogens is 283 g/mol. The van der Waals surface area contributed by atoms with E-state index in [9.17, 15) is 0 Å². The van der Waals surface area contributed by atoms with Crippen LogP contribution in [-0.4, -0.2) is 32.6 Å². The topological polar surface area (TPSA) is 18.5 Å². The molecule has 2 nitrogen and oxygen atoms in total. The van der Waals surface area contributed by atoms with Crippen LogP contribution in [0.25, 0.3) is 0 Å². The van der Waals surface area contributed by atoms with Gasteiger partial charge in [0.05, 0.1) is 0 Å². The summed E-state index contributed by atoms with van der Waals surface area (Å²) in [6, 6.07) is 6.19. The van der Waals surface area contributed by atoms with E-state index in [2.05, 4.69) is 27.0 Å². The molecule has 3 heteroatoms. The van der Waals surface area contributed by atoms with Crippen molar-refractivity contribution < 1.29 is 9.47 Å². The van der Waals surface area contributed by atoms with Crippen LogP contribution in [0, 0.1) is 0 Å².